The first-order valence-electron chi connectivity index (χ1n) is 7.00. The molecule has 1 aromatic rings. The SMILES string of the molecule is COc1ccc(C)cc1CN(C)C1CNC(C)(C)C1. The second-order valence-corrected chi connectivity index (χ2v) is 6.35. The van der Waals surface area contributed by atoms with E-state index in [1.54, 1.807) is 7.11 Å². The van der Waals surface area contributed by atoms with E-state index in [0.717, 1.165) is 18.8 Å². The zero-order valence-corrected chi connectivity index (χ0v) is 12.8. The summed E-state index contributed by atoms with van der Waals surface area (Å²) in [7, 11) is 3.95. The number of ether oxygens (including phenoxy) is 1. The van der Waals surface area contributed by atoms with Gasteiger partial charge >= 0.3 is 0 Å². The minimum atomic E-state index is 0.260. The van der Waals surface area contributed by atoms with Gasteiger partial charge < -0.3 is 10.1 Å². The van der Waals surface area contributed by atoms with Gasteiger partial charge in [0.25, 0.3) is 0 Å². The molecular weight excluding hydrogens is 236 g/mol. The highest BCUT2D eigenvalue weighted by molar-refractivity contribution is 5.36. The van der Waals surface area contributed by atoms with Crippen molar-refractivity contribution in [1.82, 2.24) is 10.2 Å². The minimum Gasteiger partial charge on any atom is -0.496 e. The predicted molar refractivity (Wildman–Crippen MR) is 79.7 cm³/mol. The monoisotopic (exact) mass is 262 g/mol. The first-order valence-corrected chi connectivity index (χ1v) is 7.00. The van der Waals surface area contributed by atoms with Crippen LogP contribution < -0.4 is 10.1 Å². The van der Waals surface area contributed by atoms with E-state index in [4.69, 9.17) is 4.74 Å². The smallest absolute Gasteiger partial charge is 0.123 e. The van der Waals surface area contributed by atoms with E-state index in [1.807, 2.05) is 0 Å². The third-order valence-corrected chi connectivity index (χ3v) is 4.04. The Morgan fingerprint density at radius 2 is 2.16 bits per heavy atom. The summed E-state index contributed by atoms with van der Waals surface area (Å²) in [6, 6.07) is 6.99. The van der Waals surface area contributed by atoms with Crippen molar-refractivity contribution < 1.29 is 4.74 Å². The number of nitrogens with zero attached hydrogens (tertiary/aromatic N) is 1. The van der Waals surface area contributed by atoms with E-state index in [0.29, 0.717) is 6.04 Å². The van der Waals surface area contributed by atoms with Gasteiger partial charge in [0.1, 0.15) is 5.75 Å². The highest BCUT2D eigenvalue weighted by atomic mass is 16.5. The Morgan fingerprint density at radius 1 is 1.42 bits per heavy atom. The highest BCUT2D eigenvalue weighted by Gasteiger charge is 2.32. The van der Waals surface area contributed by atoms with Gasteiger partial charge in [0.2, 0.25) is 0 Å². The molecule has 1 N–H and O–H groups in total. The first-order chi connectivity index (χ1) is 8.91. The van der Waals surface area contributed by atoms with Crippen LogP contribution in [0.25, 0.3) is 0 Å². The lowest BCUT2D eigenvalue weighted by Gasteiger charge is -2.26. The van der Waals surface area contributed by atoms with Gasteiger partial charge in [-0.25, -0.2) is 0 Å². The largest absolute Gasteiger partial charge is 0.496 e. The zero-order valence-electron chi connectivity index (χ0n) is 12.8. The summed E-state index contributed by atoms with van der Waals surface area (Å²) in [6.07, 6.45) is 1.19. The third-order valence-electron chi connectivity index (χ3n) is 4.04. The van der Waals surface area contributed by atoms with Crippen LogP contribution in [0.4, 0.5) is 0 Å². The van der Waals surface area contributed by atoms with Crippen molar-refractivity contribution >= 4 is 0 Å². The van der Waals surface area contributed by atoms with E-state index in [1.165, 1.54) is 17.5 Å². The van der Waals surface area contributed by atoms with E-state index in [2.05, 4.69) is 56.2 Å². The van der Waals surface area contributed by atoms with E-state index < -0.39 is 0 Å². The molecule has 3 nitrogen and oxygen atoms in total. The van der Waals surface area contributed by atoms with Crippen molar-refractivity contribution in [2.45, 2.75) is 45.3 Å². The maximum Gasteiger partial charge on any atom is 0.123 e. The van der Waals surface area contributed by atoms with Gasteiger partial charge in [-0.1, -0.05) is 17.7 Å². The van der Waals surface area contributed by atoms with Crippen molar-refractivity contribution in [2.75, 3.05) is 20.7 Å². The lowest BCUT2D eigenvalue weighted by Crippen LogP contribution is -2.33. The molecule has 1 aliphatic heterocycles. The second kappa shape index (κ2) is 5.51. The van der Waals surface area contributed by atoms with Crippen molar-refractivity contribution in [3.05, 3.63) is 29.3 Å². The first kappa shape index (κ1) is 14.4. The molecule has 1 aliphatic rings. The Bertz CT molecular complexity index is 442. The summed E-state index contributed by atoms with van der Waals surface area (Å²) in [4.78, 5) is 2.43. The molecule has 2 rings (SSSR count). The van der Waals surface area contributed by atoms with Crippen LogP contribution in [0.5, 0.6) is 5.75 Å². The Labute approximate surface area is 116 Å². The van der Waals surface area contributed by atoms with Crippen molar-refractivity contribution in [1.29, 1.82) is 0 Å². The quantitative estimate of drug-likeness (QED) is 0.902. The van der Waals surface area contributed by atoms with Gasteiger partial charge in [0.15, 0.2) is 0 Å². The van der Waals surface area contributed by atoms with Crippen LogP contribution in [-0.2, 0) is 6.54 Å². The number of hydrogen-bond acceptors (Lipinski definition) is 3. The topological polar surface area (TPSA) is 24.5 Å². The van der Waals surface area contributed by atoms with Gasteiger partial charge in [-0.15, -0.1) is 0 Å². The van der Waals surface area contributed by atoms with Crippen LogP contribution >= 0.6 is 0 Å². The molecule has 1 atom stereocenters. The maximum absolute atomic E-state index is 5.46. The van der Waals surface area contributed by atoms with Gasteiger partial charge in [-0.3, -0.25) is 4.90 Å². The lowest BCUT2D eigenvalue weighted by atomic mass is 10.0. The molecule has 106 valence electrons. The number of likely N-dealkylation sites (N-methyl/N-ethyl adjacent to an activating group) is 1. The summed E-state index contributed by atoms with van der Waals surface area (Å²) in [6.45, 7) is 8.68. The molecule has 1 unspecified atom stereocenters. The minimum absolute atomic E-state index is 0.260. The molecule has 1 aromatic carbocycles. The Morgan fingerprint density at radius 3 is 2.74 bits per heavy atom. The van der Waals surface area contributed by atoms with Crippen molar-refractivity contribution in [2.24, 2.45) is 0 Å². The number of methoxy groups -OCH3 is 1. The lowest BCUT2D eigenvalue weighted by molar-refractivity contribution is 0.237. The molecule has 0 bridgehead atoms. The van der Waals surface area contributed by atoms with Gasteiger partial charge in [-0.2, -0.15) is 0 Å². The molecule has 19 heavy (non-hydrogen) atoms. The van der Waals surface area contributed by atoms with Crippen LogP contribution in [0.15, 0.2) is 18.2 Å². The summed E-state index contributed by atoms with van der Waals surface area (Å²) in [5.74, 6) is 0.989. The molecular formula is C16H26N2O. The van der Waals surface area contributed by atoms with Crippen molar-refractivity contribution in [3.63, 3.8) is 0 Å². The number of aryl methyl sites for hydroxylation is 1. The molecule has 0 radical (unpaired) electrons. The molecule has 1 saturated heterocycles. The third kappa shape index (κ3) is 3.48. The van der Waals surface area contributed by atoms with Gasteiger partial charge in [0.05, 0.1) is 7.11 Å². The van der Waals surface area contributed by atoms with E-state index >= 15 is 0 Å². The predicted octanol–water partition coefficient (Wildman–Crippen LogP) is 2.58. The van der Waals surface area contributed by atoms with Crippen LogP contribution in [0.1, 0.15) is 31.4 Å². The fraction of sp³-hybridized carbons (Fsp3) is 0.625. The average Bonchev–Trinajstić information content (AvgIpc) is 2.70. The molecule has 1 fully saturated rings. The molecule has 0 aromatic heterocycles. The standard InChI is InChI=1S/C16H26N2O/c1-12-6-7-15(19-5)13(8-12)11-18(4)14-9-16(2,3)17-10-14/h6-8,14,17H,9-11H2,1-5H3. The van der Waals surface area contributed by atoms with Gasteiger partial charge in [0, 0.05) is 30.2 Å². The molecule has 1 heterocycles. The fourth-order valence-corrected chi connectivity index (χ4v) is 2.87. The van der Waals surface area contributed by atoms with Crippen LogP contribution in [0.2, 0.25) is 0 Å². The second-order valence-electron chi connectivity index (χ2n) is 6.35. The maximum atomic E-state index is 5.46. The molecule has 0 saturated carbocycles. The Kier molecular flexibility index (Phi) is 4.16. The van der Waals surface area contributed by atoms with Crippen molar-refractivity contribution in [3.8, 4) is 5.75 Å². The van der Waals surface area contributed by atoms with E-state index in [-0.39, 0.29) is 5.54 Å². The summed E-state index contributed by atoms with van der Waals surface area (Å²) in [5, 5.41) is 3.58. The van der Waals surface area contributed by atoms with Crippen LogP contribution in [-0.4, -0.2) is 37.2 Å². The normalized spacial score (nSPS) is 21.9. The molecule has 0 spiro atoms. The summed E-state index contributed by atoms with van der Waals surface area (Å²) < 4.78 is 5.46. The number of nitrogens with one attached hydrogen (secondary N) is 1. The molecule has 0 aliphatic carbocycles. The Hall–Kier alpha value is -1.06. The molecule has 0 amide bonds. The Balaban J connectivity index is 2.07. The number of benzene rings is 1. The van der Waals surface area contributed by atoms with Gasteiger partial charge in [-0.05, 0) is 40.3 Å². The summed E-state index contributed by atoms with van der Waals surface area (Å²) >= 11 is 0. The highest BCUT2D eigenvalue weighted by Crippen LogP contribution is 2.25. The zero-order chi connectivity index (χ0) is 14.0. The van der Waals surface area contributed by atoms with Crippen LogP contribution in [0, 0.1) is 6.92 Å². The average molecular weight is 262 g/mol. The summed E-state index contributed by atoms with van der Waals surface area (Å²) in [5.41, 5.74) is 2.82. The number of hydrogen-bond donors (Lipinski definition) is 1. The van der Waals surface area contributed by atoms with Crippen LogP contribution in [0.3, 0.4) is 0 Å². The van der Waals surface area contributed by atoms with E-state index in [9.17, 15) is 0 Å². The number of rotatable bonds is 4. The fourth-order valence-electron chi connectivity index (χ4n) is 2.87. The molecule has 3 heteroatoms.